The Bertz CT molecular complexity index is 943. The van der Waals surface area contributed by atoms with Crippen LogP contribution in [0.1, 0.15) is 24.0 Å². The molecule has 0 aliphatic carbocycles. The van der Waals surface area contributed by atoms with Gasteiger partial charge in [0.25, 0.3) is 0 Å². The molecule has 0 aromatic heterocycles. The third-order valence-corrected chi connectivity index (χ3v) is 4.54. The zero-order chi connectivity index (χ0) is 18.8. The van der Waals surface area contributed by atoms with Crippen LogP contribution in [0.4, 0.5) is 5.69 Å². The number of hydrogen-bond donors (Lipinski definition) is 0. The molecule has 1 fully saturated rings. The quantitative estimate of drug-likeness (QED) is 0.619. The Kier molecular flexibility index (Phi) is 4.46. The van der Waals surface area contributed by atoms with Gasteiger partial charge in [-0.25, -0.2) is 9.79 Å². The Labute approximate surface area is 156 Å². The highest BCUT2D eigenvalue weighted by Crippen LogP contribution is 2.24. The molecule has 2 aromatic rings. The lowest BCUT2D eigenvalue weighted by Crippen LogP contribution is -2.23. The second-order valence-corrected chi connectivity index (χ2v) is 6.31. The van der Waals surface area contributed by atoms with Crippen LogP contribution >= 0.6 is 0 Å². The molecule has 0 bridgehead atoms. The number of hydrogen-bond acceptors (Lipinski definition) is 5. The molecule has 136 valence electrons. The fraction of sp³-hybridized carbons (Fsp3) is 0.190. The minimum atomic E-state index is -0.486. The number of carbonyl (C=O) groups is 2. The molecule has 2 heterocycles. The van der Waals surface area contributed by atoms with E-state index >= 15 is 0 Å². The minimum absolute atomic E-state index is 0.136. The molecule has 0 saturated carbocycles. The van der Waals surface area contributed by atoms with Gasteiger partial charge in [0, 0.05) is 24.2 Å². The third-order valence-electron chi connectivity index (χ3n) is 4.54. The van der Waals surface area contributed by atoms with Crippen molar-refractivity contribution in [3.63, 3.8) is 0 Å². The van der Waals surface area contributed by atoms with Gasteiger partial charge in [-0.3, -0.25) is 4.79 Å². The van der Waals surface area contributed by atoms with Crippen molar-refractivity contribution in [2.75, 3.05) is 18.6 Å². The highest BCUT2D eigenvalue weighted by Gasteiger charge is 2.25. The molecule has 6 nitrogen and oxygen atoms in total. The molecular weight excluding hydrogens is 344 g/mol. The molecule has 2 aliphatic rings. The fourth-order valence-corrected chi connectivity index (χ4v) is 3.10. The number of benzene rings is 2. The largest absolute Gasteiger partial charge is 0.497 e. The maximum atomic E-state index is 12.1. The van der Waals surface area contributed by atoms with E-state index in [1.54, 1.807) is 18.1 Å². The molecule has 0 radical (unpaired) electrons. The van der Waals surface area contributed by atoms with Gasteiger partial charge in [0.15, 0.2) is 5.70 Å². The number of ether oxygens (including phenoxy) is 2. The van der Waals surface area contributed by atoms with E-state index in [9.17, 15) is 9.59 Å². The number of esters is 1. The summed E-state index contributed by atoms with van der Waals surface area (Å²) in [7, 11) is 1.60. The van der Waals surface area contributed by atoms with E-state index in [2.05, 4.69) is 4.99 Å². The lowest BCUT2D eigenvalue weighted by molar-refractivity contribution is -0.130. The van der Waals surface area contributed by atoms with Crippen LogP contribution < -0.4 is 9.64 Å². The monoisotopic (exact) mass is 362 g/mol. The van der Waals surface area contributed by atoms with Gasteiger partial charge in [-0.1, -0.05) is 12.1 Å². The molecule has 0 atom stereocenters. The molecule has 6 heteroatoms. The summed E-state index contributed by atoms with van der Waals surface area (Å²) < 4.78 is 10.4. The first-order valence-electron chi connectivity index (χ1n) is 8.71. The normalized spacial score (nSPS) is 18.0. The number of methoxy groups -OCH3 is 1. The zero-order valence-electron chi connectivity index (χ0n) is 14.8. The number of nitrogens with zero attached hydrogens (tertiary/aromatic N) is 2. The Balaban J connectivity index is 1.55. The van der Waals surface area contributed by atoms with Crippen molar-refractivity contribution in [1.29, 1.82) is 0 Å². The van der Waals surface area contributed by atoms with Gasteiger partial charge in [-0.15, -0.1) is 0 Å². The maximum absolute atomic E-state index is 12.1. The first-order chi connectivity index (χ1) is 13.1. The molecule has 2 aromatic carbocycles. The summed E-state index contributed by atoms with van der Waals surface area (Å²) in [6, 6.07) is 14.6. The number of cyclic esters (lactones) is 1. The van der Waals surface area contributed by atoms with Crippen LogP contribution in [0.25, 0.3) is 6.08 Å². The van der Waals surface area contributed by atoms with Crippen LogP contribution in [-0.4, -0.2) is 31.4 Å². The van der Waals surface area contributed by atoms with Crippen LogP contribution in [0.5, 0.6) is 5.75 Å². The van der Waals surface area contributed by atoms with Gasteiger partial charge in [-0.2, -0.15) is 0 Å². The first-order valence-corrected chi connectivity index (χ1v) is 8.71. The van der Waals surface area contributed by atoms with Crippen molar-refractivity contribution in [2.45, 2.75) is 12.8 Å². The van der Waals surface area contributed by atoms with Crippen molar-refractivity contribution < 1.29 is 19.1 Å². The van der Waals surface area contributed by atoms with Crippen molar-refractivity contribution in [2.24, 2.45) is 4.99 Å². The predicted molar refractivity (Wildman–Crippen MR) is 102 cm³/mol. The summed E-state index contributed by atoms with van der Waals surface area (Å²) in [6.07, 6.45) is 3.14. The summed E-state index contributed by atoms with van der Waals surface area (Å²) >= 11 is 0. The van der Waals surface area contributed by atoms with Gasteiger partial charge < -0.3 is 14.4 Å². The number of aliphatic imine (C=N–C) groups is 1. The SMILES string of the molecule is COc1ccc(C=C2N=C(c3ccc(N4CCCC4=O)cc3)OC2=O)cc1. The van der Waals surface area contributed by atoms with Gasteiger partial charge in [-0.05, 0) is 54.5 Å². The Morgan fingerprint density at radius 3 is 2.44 bits per heavy atom. The highest BCUT2D eigenvalue weighted by molar-refractivity contribution is 6.13. The average Bonchev–Trinajstić information content (AvgIpc) is 3.28. The molecule has 4 rings (SSSR count). The molecule has 0 unspecified atom stereocenters. The van der Waals surface area contributed by atoms with E-state index in [0.717, 1.165) is 30.0 Å². The van der Waals surface area contributed by atoms with E-state index in [1.165, 1.54) is 0 Å². The lowest BCUT2D eigenvalue weighted by atomic mass is 10.2. The predicted octanol–water partition coefficient (Wildman–Crippen LogP) is 3.17. The van der Waals surface area contributed by atoms with E-state index in [4.69, 9.17) is 9.47 Å². The van der Waals surface area contributed by atoms with Gasteiger partial charge >= 0.3 is 5.97 Å². The van der Waals surface area contributed by atoms with Crippen molar-refractivity contribution in [3.05, 3.63) is 65.4 Å². The molecule has 27 heavy (non-hydrogen) atoms. The van der Waals surface area contributed by atoms with Gasteiger partial charge in [0.05, 0.1) is 7.11 Å². The van der Waals surface area contributed by atoms with E-state index in [0.29, 0.717) is 12.0 Å². The van der Waals surface area contributed by atoms with Crippen LogP contribution in [0.3, 0.4) is 0 Å². The number of anilines is 1. The first kappa shape index (κ1) is 17.0. The summed E-state index contributed by atoms with van der Waals surface area (Å²) in [6.45, 7) is 0.739. The molecule has 2 aliphatic heterocycles. The Morgan fingerprint density at radius 1 is 1.07 bits per heavy atom. The standard InChI is InChI=1S/C21H18N2O4/c1-26-17-10-4-14(5-11-17)13-18-21(25)27-20(22-18)15-6-8-16(9-7-15)23-12-2-3-19(23)24/h4-11,13H,2-3,12H2,1H3. The molecule has 1 amide bonds. The number of carbonyl (C=O) groups excluding carboxylic acids is 2. The van der Waals surface area contributed by atoms with Crippen molar-refractivity contribution in [3.8, 4) is 5.75 Å². The molecule has 1 saturated heterocycles. The fourth-order valence-electron chi connectivity index (χ4n) is 3.10. The molecular formula is C21H18N2O4. The zero-order valence-corrected chi connectivity index (χ0v) is 14.8. The van der Waals surface area contributed by atoms with E-state index < -0.39 is 5.97 Å². The number of rotatable bonds is 4. The lowest BCUT2D eigenvalue weighted by Gasteiger charge is -2.15. The second kappa shape index (κ2) is 7.07. The molecule has 0 N–H and O–H groups in total. The minimum Gasteiger partial charge on any atom is -0.497 e. The topological polar surface area (TPSA) is 68.2 Å². The Hall–Kier alpha value is -3.41. The van der Waals surface area contributed by atoms with Crippen LogP contribution in [0.15, 0.2) is 59.2 Å². The van der Waals surface area contributed by atoms with Crippen molar-refractivity contribution >= 4 is 29.5 Å². The third kappa shape index (κ3) is 3.46. The number of amides is 1. The summed E-state index contributed by atoms with van der Waals surface area (Å²) in [5, 5.41) is 0. The van der Waals surface area contributed by atoms with Crippen LogP contribution in [0, 0.1) is 0 Å². The van der Waals surface area contributed by atoms with Gasteiger partial charge in [0.2, 0.25) is 11.8 Å². The van der Waals surface area contributed by atoms with Crippen LogP contribution in [-0.2, 0) is 14.3 Å². The highest BCUT2D eigenvalue weighted by atomic mass is 16.6. The smallest absolute Gasteiger partial charge is 0.363 e. The maximum Gasteiger partial charge on any atom is 0.363 e. The van der Waals surface area contributed by atoms with E-state index in [1.807, 2.05) is 48.5 Å². The summed E-state index contributed by atoms with van der Waals surface area (Å²) in [5.74, 6) is 0.655. The van der Waals surface area contributed by atoms with Crippen molar-refractivity contribution in [1.82, 2.24) is 0 Å². The second-order valence-electron chi connectivity index (χ2n) is 6.31. The van der Waals surface area contributed by atoms with Gasteiger partial charge in [0.1, 0.15) is 5.75 Å². The van der Waals surface area contributed by atoms with E-state index in [-0.39, 0.29) is 17.5 Å². The summed E-state index contributed by atoms with van der Waals surface area (Å²) in [4.78, 5) is 30.0. The Morgan fingerprint density at radius 2 is 1.81 bits per heavy atom. The molecule has 0 spiro atoms. The average molecular weight is 362 g/mol. The van der Waals surface area contributed by atoms with Crippen LogP contribution in [0.2, 0.25) is 0 Å². The summed E-state index contributed by atoms with van der Waals surface area (Å²) in [5.41, 5.74) is 2.61.